The molecule has 0 aliphatic carbocycles. The molecule has 0 unspecified atom stereocenters. The van der Waals surface area contributed by atoms with Gasteiger partial charge in [0.1, 0.15) is 12.4 Å². The molecule has 0 aliphatic rings. The van der Waals surface area contributed by atoms with Crippen LogP contribution < -0.4 is 15.5 Å². The van der Waals surface area contributed by atoms with Gasteiger partial charge in [0.15, 0.2) is 0 Å². The number of para-hydroxylation sites is 2. The fraction of sp³-hybridized carbons (Fsp3) is 0.0476. The number of hydrogen-bond acceptors (Lipinski definition) is 3. The van der Waals surface area contributed by atoms with E-state index in [1.807, 2.05) is 72.8 Å². The lowest BCUT2D eigenvalue weighted by atomic mass is 10.2. The number of nitrogens with zero attached hydrogens (tertiary/aromatic N) is 1. The number of carbonyl (C=O) groups excluding carboxylic acids is 1. The summed E-state index contributed by atoms with van der Waals surface area (Å²) in [7, 11) is 0. The topological polar surface area (TPSA) is 62.7 Å². The van der Waals surface area contributed by atoms with Crippen LogP contribution in [0.4, 0.5) is 10.5 Å². The zero-order valence-electron chi connectivity index (χ0n) is 14.1. The first-order valence-electron chi connectivity index (χ1n) is 8.22. The van der Waals surface area contributed by atoms with Crippen LogP contribution in [0.25, 0.3) is 0 Å². The predicted octanol–water partition coefficient (Wildman–Crippen LogP) is 4.42. The molecule has 2 N–H and O–H groups in total. The third-order valence-corrected chi connectivity index (χ3v) is 3.56. The van der Waals surface area contributed by atoms with Crippen molar-refractivity contribution in [1.29, 1.82) is 0 Å². The summed E-state index contributed by atoms with van der Waals surface area (Å²) in [5.41, 5.74) is 5.01. The summed E-state index contributed by atoms with van der Waals surface area (Å²) in [4.78, 5) is 11.8. The summed E-state index contributed by atoms with van der Waals surface area (Å²) < 4.78 is 5.86. The second kappa shape index (κ2) is 9.03. The fourth-order valence-electron chi connectivity index (χ4n) is 2.29. The first-order chi connectivity index (χ1) is 12.8. The van der Waals surface area contributed by atoms with Crippen molar-refractivity contribution in [2.24, 2.45) is 5.10 Å². The van der Waals surface area contributed by atoms with Gasteiger partial charge in [-0.1, -0.05) is 60.7 Å². The van der Waals surface area contributed by atoms with Crippen LogP contribution in [0.3, 0.4) is 0 Å². The van der Waals surface area contributed by atoms with E-state index in [1.54, 1.807) is 18.3 Å². The Morgan fingerprint density at radius 3 is 2.31 bits per heavy atom. The van der Waals surface area contributed by atoms with E-state index in [9.17, 15) is 4.79 Å². The average Bonchev–Trinajstić information content (AvgIpc) is 2.69. The minimum atomic E-state index is -0.407. The molecule has 0 fully saturated rings. The van der Waals surface area contributed by atoms with E-state index >= 15 is 0 Å². The van der Waals surface area contributed by atoms with Crippen LogP contribution in [0, 0.1) is 0 Å². The highest BCUT2D eigenvalue weighted by Crippen LogP contribution is 2.17. The Kier molecular flexibility index (Phi) is 5.99. The molecule has 26 heavy (non-hydrogen) atoms. The summed E-state index contributed by atoms with van der Waals surface area (Å²) >= 11 is 0. The minimum Gasteiger partial charge on any atom is -0.488 e. The van der Waals surface area contributed by atoms with Gasteiger partial charge in [0.2, 0.25) is 0 Å². The number of ether oxygens (including phenoxy) is 1. The molecule has 0 radical (unpaired) electrons. The Labute approximate surface area is 152 Å². The van der Waals surface area contributed by atoms with Crippen molar-refractivity contribution in [3.05, 3.63) is 96.1 Å². The van der Waals surface area contributed by atoms with E-state index in [0.29, 0.717) is 18.0 Å². The number of rotatable bonds is 6. The van der Waals surface area contributed by atoms with Crippen LogP contribution in [0.1, 0.15) is 11.1 Å². The number of amides is 2. The molecule has 0 heterocycles. The van der Waals surface area contributed by atoms with Crippen molar-refractivity contribution < 1.29 is 9.53 Å². The largest absolute Gasteiger partial charge is 0.488 e. The van der Waals surface area contributed by atoms with Crippen LogP contribution >= 0.6 is 0 Å². The summed E-state index contributed by atoms with van der Waals surface area (Å²) in [5.74, 6) is 0.699. The molecule has 3 rings (SSSR count). The first-order valence-corrected chi connectivity index (χ1v) is 8.22. The number of urea groups is 1. The van der Waals surface area contributed by atoms with Gasteiger partial charge in [-0.2, -0.15) is 5.10 Å². The number of nitrogens with one attached hydrogen (secondary N) is 2. The maximum Gasteiger partial charge on any atom is 0.339 e. The molecule has 0 saturated heterocycles. The van der Waals surface area contributed by atoms with E-state index in [4.69, 9.17) is 4.74 Å². The molecule has 3 aromatic rings. The van der Waals surface area contributed by atoms with E-state index < -0.39 is 6.03 Å². The molecule has 0 aromatic heterocycles. The molecule has 0 atom stereocenters. The molecule has 5 heteroatoms. The highest BCUT2D eigenvalue weighted by atomic mass is 16.5. The molecule has 0 saturated carbocycles. The van der Waals surface area contributed by atoms with Gasteiger partial charge >= 0.3 is 6.03 Å². The number of anilines is 1. The van der Waals surface area contributed by atoms with Crippen LogP contribution in [-0.2, 0) is 6.61 Å². The molecular formula is C21H19N3O2. The predicted molar refractivity (Wildman–Crippen MR) is 103 cm³/mol. The molecule has 130 valence electrons. The zero-order valence-corrected chi connectivity index (χ0v) is 14.1. The van der Waals surface area contributed by atoms with Gasteiger partial charge in [-0.15, -0.1) is 0 Å². The summed E-state index contributed by atoms with van der Waals surface area (Å²) in [6.07, 6.45) is 1.56. The molecule has 3 aromatic carbocycles. The zero-order chi connectivity index (χ0) is 18.0. The number of hydrazone groups is 1. The smallest absolute Gasteiger partial charge is 0.339 e. The van der Waals surface area contributed by atoms with Gasteiger partial charge in [-0.25, -0.2) is 10.2 Å². The summed E-state index contributed by atoms with van der Waals surface area (Å²) in [5, 5.41) is 6.68. The maximum absolute atomic E-state index is 11.8. The first kappa shape index (κ1) is 17.2. The number of benzene rings is 3. The second-order valence-electron chi connectivity index (χ2n) is 5.50. The molecule has 0 aliphatic heterocycles. The van der Waals surface area contributed by atoms with Crippen LogP contribution in [0.15, 0.2) is 90.0 Å². The van der Waals surface area contributed by atoms with E-state index in [-0.39, 0.29) is 0 Å². The Morgan fingerprint density at radius 2 is 1.54 bits per heavy atom. The number of carbonyl (C=O) groups is 1. The SMILES string of the molecule is O=C(N/N=C\c1ccccc1OCc1ccccc1)Nc1ccccc1. The molecule has 2 amide bonds. The standard InChI is InChI=1S/C21H19N3O2/c25-21(23-19-12-5-2-6-13-19)24-22-15-18-11-7-8-14-20(18)26-16-17-9-3-1-4-10-17/h1-15H,16H2,(H2,23,24,25)/b22-15-. The Balaban J connectivity index is 1.57. The van der Waals surface area contributed by atoms with E-state index in [2.05, 4.69) is 15.8 Å². The molecule has 5 nitrogen and oxygen atoms in total. The monoisotopic (exact) mass is 345 g/mol. The van der Waals surface area contributed by atoms with Gasteiger partial charge in [0.05, 0.1) is 6.21 Å². The van der Waals surface area contributed by atoms with Crippen LogP contribution in [-0.4, -0.2) is 12.2 Å². The average molecular weight is 345 g/mol. The van der Waals surface area contributed by atoms with E-state index in [0.717, 1.165) is 11.1 Å². The third-order valence-electron chi connectivity index (χ3n) is 3.56. The van der Waals surface area contributed by atoms with Gasteiger partial charge in [-0.3, -0.25) is 0 Å². The molecular weight excluding hydrogens is 326 g/mol. The van der Waals surface area contributed by atoms with Gasteiger partial charge in [0, 0.05) is 11.3 Å². The van der Waals surface area contributed by atoms with Crippen LogP contribution in [0.2, 0.25) is 0 Å². The maximum atomic E-state index is 11.8. The Bertz CT molecular complexity index is 865. The van der Waals surface area contributed by atoms with Crippen molar-refractivity contribution >= 4 is 17.9 Å². The van der Waals surface area contributed by atoms with Crippen LogP contribution in [0.5, 0.6) is 5.75 Å². The lowest BCUT2D eigenvalue weighted by molar-refractivity contribution is 0.252. The molecule has 0 spiro atoms. The lowest BCUT2D eigenvalue weighted by Crippen LogP contribution is -2.24. The summed E-state index contributed by atoms with van der Waals surface area (Å²) in [6.45, 7) is 0.466. The summed E-state index contributed by atoms with van der Waals surface area (Å²) in [6, 6.07) is 26.2. The quantitative estimate of drug-likeness (QED) is 0.513. The Morgan fingerprint density at radius 1 is 0.885 bits per heavy atom. The van der Waals surface area contributed by atoms with E-state index in [1.165, 1.54) is 0 Å². The molecule has 0 bridgehead atoms. The van der Waals surface area contributed by atoms with Crippen molar-refractivity contribution in [2.75, 3.05) is 5.32 Å². The minimum absolute atomic E-state index is 0.407. The van der Waals surface area contributed by atoms with Crippen molar-refractivity contribution in [3.8, 4) is 5.75 Å². The highest BCUT2D eigenvalue weighted by molar-refractivity contribution is 5.90. The lowest BCUT2D eigenvalue weighted by Gasteiger charge is -2.09. The van der Waals surface area contributed by atoms with Gasteiger partial charge < -0.3 is 10.1 Å². The fourth-order valence-corrected chi connectivity index (χ4v) is 2.29. The van der Waals surface area contributed by atoms with Crippen molar-refractivity contribution in [2.45, 2.75) is 6.61 Å². The van der Waals surface area contributed by atoms with Crippen molar-refractivity contribution in [1.82, 2.24) is 5.43 Å². The van der Waals surface area contributed by atoms with Gasteiger partial charge in [0.25, 0.3) is 0 Å². The second-order valence-corrected chi connectivity index (χ2v) is 5.50. The number of hydrogen-bond donors (Lipinski definition) is 2. The van der Waals surface area contributed by atoms with Crippen molar-refractivity contribution in [3.63, 3.8) is 0 Å². The van der Waals surface area contributed by atoms with Gasteiger partial charge in [-0.05, 0) is 29.8 Å². The highest BCUT2D eigenvalue weighted by Gasteiger charge is 2.02. The normalized spacial score (nSPS) is 10.5. The Hall–Kier alpha value is -3.60. The third kappa shape index (κ3) is 5.21.